The van der Waals surface area contributed by atoms with E-state index in [0.29, 0.717) is 37.7 Å². The number of hydrogen-bond donors (Lipinski definition) is 4. The molecule has 60 heavy (non-hydrogen) atoms. The smallest absolute Gasteiger partial charge is 0.490 e. The van der Waals surface area contributed by atoms with Crippen LogP contribution in [0.15, 0.2) is 72.9 Å². The molecule has 20 heteroatoms. The summed E-state index contributed by atoms with van der Waals surface area (Å²) in [6, 6.07) is 20.8. The average Bonchev–Trinajstić information content (AvgIpc) is 3.63. The van der Waals surface area contributed by atoms with E-state index in [-0.39, 0.29) is 23.8 Å². The highest BCUT2D eigenvalue weighted by molar-refractivity contribution is 6.30. The zero-order valence-electron chi connectivity index (χ0n) is 33.0. The lowest BCUT2D eigenvalue weighted by atomic mass is 9.88. The highest BCUT2D eigenvalue weighted by Crippen LogP contribution is 2.35. The van der Waals surface area contributed by atoms with Crippen molar-refractivity contribution in [1.29, 1.82) is 0 Å². The van der Waals surface area contributed by atoms with Crippen LogP contribution in [0, 0.1) is 5.92 Å². The van der Waals surface area contributed by atoms with Crippen molar-refractivity contribution in [3.63, 3.8) is 0 Å². The standard InChI is InChI=1S/C36H43ClN6O3.2C2HF3O2/c1-24(31-21-38-32-11-6-5-10-30(31)32)34(35(44)43-23-25(22-40(2)3)18-26-19-27(37)12-13-33(26)43)39-36(45)42-16-14-41(15-17-42)28-8-7-9-29(20-28)46-4;2*3-2(4,5)1(6)7/h5-13,19-21,24-25,34,38H,14-18,22-23H2,1-4H3,(H,39,45);2*(H,6,7)/t24?,25-,34?;;/m1../s1. The van der Waals surface area contributed by atoms with Crippen molar-refractivity contribution < 1.29 is 60.5 Å². The Hall–Kier alpha value is -5.69. The van der Waals surface area contributed by atoms with Gasteiger partial charge in [-0.1, -0.05) is 42.8 Å². The number of anilines is 2. The van der Waals surface area contributed by atoms with Gasteiger partial charge in [0.1, 0.15) is 11.8 Å². The Kier molecular flexibility index (Phi) is 15.7. The third-order valence-corrected chi connectivity index (χ3v) is 10.0. The van der Waals surface area contributed by atoms with Gasteiger partial charge in [-0.2, -0.15) is 26.3 Å². The quantitative estimate of drug-likeness (QED) is 0.139. The molecule has 1 saturated heterocycles. The Morgan fingerprint density at radius 2 is 1.53 bits per heavy atom. The molecule has 3 aromatic carbocycles. The molecule has 326 valence electrons. The third kappa shape index (κ3) is 12.4. The molecule has 2 aliphatic rings. The van der Waals surface area contributed by atoms with Crippen LogP contribution in [0.4, 0.5) is 42.5 Å². The molecule has 2 aliphatic heterocycles. The van der Waals surface area contributed by atoms with Crippen molar-refractivity contribution in [2.45, 2.75) is 37.7 Å². The van der Waals surface area contributed by atoms with Crippen LogP contribution in [0.3, 0.4) is 0 Å². The molecule has 1 fully saturated rings. The summed E-state index contributed by atoms with van der Waals surface area (Å²) >= 11 is 6.42. The maximum absolute atomic E-state index is 14.8. The molecule has 0 aliphatic carbocycles. The van der Waals surface area contributed by atoms with Gasteiger partial charge in [0.15, 0.2) is 0 Å². The minimum atomic E-state index is -5.08. The fraction of sp³-hybridized carbons (Fsp3) is 0.400. The Labute approximate surface area is 346 Å². The molecule has 0 radical (unpaired) electrons. The van der Waals surface area contributed by atoms with Crippen molar-refractivity contribution in [1.82, 2.24) is 20.1 Å². The van der Waals surface area contributed by atoms with Gasteiger partial charge < -0.3 is 44.9 Å². The molecule has 0 spiro atoms. The van der Waals surface area contributed by atoms with Gasteiger partial charge in [0.05, 0.1) is 7.11 Å². The van der Waals surface area contributed by atoms with Crippen molar-refractivity contribution in [3.8, 4) is 5.75 Å². The number of piperazine rings is 1. The summed E-state index contributed by atoms with van der Waals surface area (Å²) in [5.41, 5.74) is 4.98. The van der Waals surface area contributed by atoms with Crippen LogP contribution in [-0.4, -0.2) is 128 Å². The molecular formula is C40H45ClF6N6O7. The normalized spacial score (nSPS) is 16.4. The predicted octanol–water partition coefficient (Wildman–Crippen LogP) is 6.87. The highest BCUT2D eigenvalue weighted by Gasteiger charge is 2.40. The van der Waals surface area contributed by atoms with Crippen molar-refractivity contribution in [2.75, 3.05) is 70.3 Å². The van der Waals surface area contributed by atoms with Crippen LogP contribution in [0.1, 0.15) is 24.0 Å². The van der Waals surface area contributed by atoms with Crippen LogP contribution in [0.25, 0.3) is 10.9 Å². The number of hydrogen-bond acceptors (Lipinski definition) is 7. The van der Waals surface area contributed by atoms with Gasteiger partial charge in [-0.25, -0.2) is 14.4 Å². The SMILES string of the molecule is COc1cccc(N2CCN(C(=O)NC(C(=O)N3C[C@@H](CN(C)C)Cc4cc(Cl)ccc43)C(C)c3c[nH]c4ccccc34)CC2)c1.O=C(O)C(F)(F)F.O=C(O)C(F)(F)F. The van der Waals surface area contributed by atoms with Gasteiger partial charge in [-0.05, 0) is 74.0 Å². The second kappa shape index (κ2) is 20.0. The molecular weight excluding hydrogens is 826 g/mol. The third-order valence-electron chi connectivity index (χ3n) is 9.80. The molecule has 13 nitrogen and oxygen atoms in total. The summed E-state index contributed by atoms with van der Waals surface area (Å²) in [5, 5.41) is 19.2. The number of urea groups is 1. The van der Waals surface area contributed by atoms with E-state index in [1.165, 1.54) is 0 Å². The zero-order valence-corrected chi connectivity index (χ0v) is 33.7. The van der Waals surface area contributed by atoms with E-state index < -0.39 is 30.3 Å². The van der Waals surface area contributed by atoms with E-state index in [9.17, 15) is 35.9 Å². The molecule has 0 bridgehead atoms. The number of halogens is 7. The first-order chi connectivity index (χ1) is 28.1. The minimum absolute atomic E-state index is 0.117. The second-order valence-corrected chi connectivity index (χ2v) is 14.8. The Bertz CT molecular complexity index is 2100. The summed E-state index contributed by atoms with van der Waals surface area (Å²) in [6.07, 6.45) is -7.36. The number of nitrogens with one attached hydrogen (secondary N) is 2. The Balaban J connectivity index is 0.000000488. The van der Waals surface area contributed by atoms with Crippen LogP contribution < -0.4 is 19.9 Å². The number of carbonyl (C=O) groups excluding carboxylic acids is 2. The molecule has 6 rings (SSSR count). The number of carboxylic acid groups (broad SMARTS) is 2. The molecule has 4 N–H and O–H groups in total. The fourth-order valence-electron chi connectivity index (χ4n) is 6.98. The molecule has 2 unspecified atom stereocenters. The number of carbonyl (C=O) groups is 4. The van der Waals surface area contributed by atoms with E-state index in [1.54, 1.807) is 7.11 Å². The number of aromatic nitrogens is 1. The lowest BCUT2D eigenvalue weighted by molar-refractivity contribution is -0.193. The largest absolute Gasteiger partial charge is 0.497 e. The van der Waals surface area contributed by atoms with Crippen molar-refractivity contribution in [3.05, 3.63) is 89.1 Å². The molecule has 3 amide bonds. The first kappa shape index (κ1) is 47.0. The van der Waals surface area contributed by atoms with Crippen LogP contribution in [0.5, 0.6) is 5.75 Å². The topological polar surface area (TPSA) is 159 Å². The summed E-state index contributed by atoms with van der Waals surface area (Å²) in [4.78, 5) is 58.0. The van der Waals surface area contributed by atoms with E-state index in [1.807, 2.05) is 77.5 Å². The molecule has 3 heterocycles. The number of aliphatic carboxylic acids is 2. The van der Waals surface area contributed by atoms with E-state index in [0.717, 1.165) is 52.1 Å². The molecule has 1 aromatic heterocycles. The number of alkyl halides is 6. The summed E-state index contributed by atoms with van der Waals surface area (Å²) in [7, 11) is 5.77. The number of rotatable bonds is 8. The number of benzene rings is 3. The number of amides is 3. The van der Waals surface area contributed by atoms with Crippen LogP contribution in [-0.2, 0) is 20.8 Å². The number of methoxy groups -OCH3 is 1. The fourth-order valence-corrected chi connectivity index (χ4v) is 7.17. The van der Waals surface area contributed by atoms with Crippen molar-refractivity contribution >= 4 is 57.8 Å². The first-order valence-corrected chi connectivity index (χ1v) is 18.8. The van der Waals surface area contributed by atoms with Gasteiger partial charge in [0.25, 0.3) is 0 Å². The predicted molar refractivity (Wildman–Crippen MR) is 213 cm³/mol. The van der Waals surface area contributed by atoms with Gasteiger partial charge in [-0.15, -0.1) is 0 Å². The zero-order chi connectivity index (χ0) is 44.5. The lowest BCUT2D eigenvalue weighted by Crippen LogP contribution is -2.58. The van der Waals surface area contributed by atoms with Crippen LogP contribution in [0.2, 0.25) is 5.02 Å². The maximum atomic E-state index is 14.8. The number of ether oxygens (including phenoxy) is 1. The monoisotopic (exact) mass is 870 g/mol. The Morgan fingerprint density at radius 3 is 2.12 bits per heavy atom. The summed E-state index contributed by atoms with van der Waals surface area (Å²) in [5.74, 6) is -4.89. The number of H-pyrrole nitrogens is 1. The highest BCUT2D eigenvalue weighted by atomic mass is 35.5. The van der Waals surface area contributed by atoms with Gasteiger partial charge in [-0.3, -0.25) is 4.79 Å². The number of fused-ring (bicyclic) bond motifs is 2. The number of aromatic amines is 1. The van der Waals surface area contributed by atoms with Gasteiger partial charge >= 0.3 is 30.3 Å². The Morgan fingerprint density at radius 1 is 0.917 bits per heavy atom. The first-order valence-electron chi connectivity index (χ1n) is 18.5. The van der Waals surface area contributed by atoms with Crippen molar-refractivity contribution in [2.24, 2.45) is 5.92 Å². The summed E-state index contributed by atoms with van der Waals surface area (Å²) in [6.45, 7) is 5.89. The number of carboxylic acids is 2. The van der Waals surface area contributed by atoms with E-state index >= 15 is 0 Å². The number of para-hydroxylation sites is 1. The average molecular weight is 871 g/mol. The minimum Gasteiger partial charge on any atom is -0.497 e. The molecule has 3 atom stereocenters. The van der Waals surface area contributed by atoms with E-state index in [2.05, 4.69) is 46.3 Å². The van der Waals surface area contributed by atoms with E-state index in [4.69, 9.17) is 36.1 Å². The molecule has 0 saturated carbocycles. The molecule has 4 aromatic rings. The summed E-state index contributed by atoms with van der Waals surface area (Å²) < 4.78 is 68.9. The number of nitrogens with zero attached hydrogens (tertiary/aromatic N) is 4. The van der Waals surface area contributed by atoms with Crippen LogP contribution >= 0.6 is 11.6 Å². The van der Waals surface area contributed by atoms with Gasteiger partial charge in [0, 0.05) is 84.7 Å². The van der Waals surface area contributed by atoms with Gasteiger partial charge in [0.2, 0.25) is 5.91 Å². The lowest BCUT2D eigenvalue weighted by Gasteiger charge is -2.40. The maximum Gasteiger partial charge on any atom is 0.490 e. The second-order valence-electron chi connectivity index (χ2n) is 14.3.